The summed E-state index contributed by atoms with van der Waals surface area (Å²) in [4.78, 5) is 0. The fourth-order valence-electron chi connectivity index (χ4n) is 1.51. The quantitative estimate of drug-likeness (QED) is 0.667. The first kappa shape index (κ1) is 13.0. The van der Waals surface area contributed by atoms with Gasteiger partial charge in [0.05, 0.1) is 26.3 Å². The number of aryl methyl sites for hydroxylation is 2. The highest BCUT2D eigenvalue weighted by atomic mass is 16.5. The van der Waals surface area contributed by atoms with Crippen LogP contribution in [0.4, 0.5) is 0 Å². The molecule has 0 unspecified atom stereocenters. The van der Waals surface area contributed by atoms with E-state index in [1.54, 1.807) is 0 Å². The van der Waals surface area contributed by atoms with Crippen molar-refractivity contribution in [3.63, 3.8) is 0 Å². The average molecular weight is 224 g/mol. The summed E-state index contributed by atoms with van der Waals surface area (Å²) in [5.41, 5.74) is 2.41. The molecule has 0 aliphatic rings. The van der Waals surface area contributed by atoms with Crippen molar-refractivity contribution in [2.45, 2.75) is 20.3 Å². The number of benzene rings is 1. The molecule has 0 amide bonds. The fraction of sp³-hybridized carbons (Fsp3) is 0.538. The van der Waals surface area contributed by atoms with Gasteiger partial charge in [-0.15, -0.1) is 0 Å². The Hall–Kier alpha value is -1.06. The SMILES string of the molecule is Cc1ccc(C)c(OCCC[NH2+]CCO)c1. The largest absolute Gasteiger partial charge is 0.493 e. The van der Waals surface area contributed by atoms with Gasteiger partial charge in [0.1, 0.15) is 5.75 Å². The molecule has 1 rings (SSSR count). The molecule has 0 aliphatic heterocycles. The van der Waals surface area contributed by atoms with Crippen LogP contribution in [-0.4, -0.2) is 31.4 Å². The molecule has 0 saturated carbocycles. The highest BCUT2D eigenvalue weighted by molar-refractivity contribution is 5.35. The maximum absolute atomic E-state index is 8.61. The molecular formula is C13H22NO2+. The predicted octanol–water partition coefficient (Wildman–Crippen LogP) is 0.628. The van der Waals surface area contributed by atoms with E-state index in [0.29, 0.717) is 0 Å². The normalized spacial score (nSPS) is 10.4. The van der Waals surface area contributed by atoms with E-state index >= 15 is 0 Å². The molecule has 3 N–H and O–H groups in total. The van der Waals surface area contributed by atoms with Crippen molar-refractivity contribution in [3.8, 4) is 5.75 Å². The molecule has 0 saturated heterocycles. The summed E-state index contributed by atoms with van der Waals surface area (Å²) < 4.78 is 5.72. The third-order valence-corrected chi connectivity index (χ3v) is 2.49. The van der Waals surface area contributed by atoms with Gasteiger partial charge in [-0.05, 0) is 31.0 Å². The number of rotatable bonds is 7. The fourth-order valence-corrected chi connectivity index (χ4v) is 1.51. The van der Waals surface area contributed by atoms with Crippen LogP contribution in [0.15, 0.2) is 18.2 Å². The van der Waals surface area contributed by atoms with E-state index in [1.165, 1.54) is 11.1 Å². The summed E-state index contributed by atoms with van der Waals surface area (Å²) in [7, 11) is 0. The van der Waals surface area contributed by atoms with Crippen molar-refractivity contribution >= 4 is 0 Å². The lowest BCUT2D eigenvalue weighted by atomic mass is 10.1. The molecule has 0 atom stereocenters. The van der Waals surface area contributed by atoms with E-state index in [0.717, 1.165) is 31.9 Å². The molecule has 0 aliphatic carbocycles. The molecule has 0 spiro atoms. The Morgan fingerprint density at radius 2 is 2.06 bits per heavy atom. The second kappa shape index (κ2) is 7.25. The number of nitrogens with two attached hydrogens (primary N) is 1. The summed E-state index contributed by atoms with van der Waals surface area (Å²) >= 11 is 0. The lowest BCUT2D eigenvalue weighted by molar-refractivity contribution is -0.656. The highest BCUT2D eigenvalue weighted by Gasteiger charge is 1.99. The summed E-state index contributed by atoms with van der Waals surface area (Å²) in [5, 5.41) is 10.7. The molecule has 1 aromatic carbocycles. The van der Waals surface area contributed by atoms with Gasteiger partial charge in [0, 0.05) is 6.42 Å². The molecule has 0 fully saturated rings. The van der Waals surface area contributed by atoms with Crippen molar-refractivity contribution in [3.05, 3.63) is 29.3 Å². The third kappa shape index (κ3) is 4.64. The van der Waals surface area contributed by atoms with E-state index < -0.39 is 0 Å². The zero-order valence-electron chi connectivity index (χ0n) is 10.2. The first-order chi connectivity index (χ1) is 7.74. The first-order valence-electron chi connectivity index (χ1n) is 5.86. The van der Waals surface area contributed by atoms with E-state index in [2.05, 4.69) is 37.4 Å². The van der Waals surface area contributed by atoms with Crippen molar-refractivity contribution in [1.82, 2.24) is 0 Å². The van der Waals surface area contributed by atoms with Crippen LogP contribution in [0.2, 0.25) is 0 Å². The molecule has 90 valence electrons. The molecule has 0 bridgehead atoms. The van der Waals surface area contributed by atoms with E-state index in [-0.39, 0.29) is 6.61 Å². The minimum Gasteiger partial charge on any atom is -0.493 e. The number of hydrogen-bond acceptors (Lipinski definition) is 2. The summed E-state index contributed by atoms with van der Waals surface area (Å²) in [6.45, 7) is 6.91. The first-order valence-corrected chi connectivity index (χ1v) is 5.86. The Bertz CT molecular complexity index is 313. The third-order valence-electron chi connectivity index (χ3n) is 2.49. The Morgan fingerprint density at radius 1 is 1.25 bits per heavy atom. The standard InChI is InChI=1S/C13H21NO2/c1-11-4-5-12(2)13(10-11)16-9-3-6-14-7-8-15/h4-5,10,14-15H,3,6-9H2,1-2H3/p+1. The molecule has 1 aromatic rings. The number of ether oxygens (including phenoxy) is 1. The maximum Gasteiger partial charge on any atom is 0.122 e. The Labute approximate surface area is 97.4 Å². The molecule has 0 aromatic heterocycles. The zero-order valence-corrected chi connectivity index (χ0v) is 10.2. The topological polar surface area (TPSA) is 46.1 Å². The minimum absolute atomic E-state index is 0.248. The van der Waals surface area contributed by atoms with Crippen LogP contribution >= 0.6 is 0 Å². The number of aliphatic hydroxyl groups excluding tert-OH is 1. The molecule has 0 heterocycles. The van der Waals surface area contributed by atoms with Crippen LogP contribution in [0.1, 0.15) is 17.5 Å². The average Bonchev–Trinajstić information content (AvgIpc) is 2.28. The van der Waals surface area contributed by atoms with Crippen LogP contribution in [0.3, 0.4) is 0 Å². The van der Waals surface area contributed by atoms with E-state index in [1.807, 2.05) is 0 Å². The molecule has 0 radical (unpaired) electrons. The van der Waals surface area contributed by atoms with Crippen molar-refractivity contribution < 1.29 is 15.2 Å². The van der Waals surface area contributed by atoms with Gasteiger partial charge in [0.2, 0.25) is 0 Å². The maximum atomic E-state index is 8.61. The molecule has 16 heavy (non-hydrogen) atoms. The van der Waals surface area contributed by atoms with Crippen LogP contribution in [0.5, 0.6) is 5.75 Å². The molecular weight excluding hydrogens is 202 g/mol. The smallest absolute Gasteiger partial charge is 0.122 e. The number of quaternary nitrogens is 1. The Balaban J connectivity index is 2.23. The van der Waals surface area contributed by atoms with Crippen molar-refractivity contribution in [2.75, 3.05) is 26.3 Å². The monoisotopic (exact) mass is 224 g/mol. The van der Waals surface area contributed by atoms with Crippen LogP contribution < -0.4 is 10.1 Å². The lowest BCUT2D eigenvalue weighted by Crippen LogP contribution is -2.85. The van der Waals surface area contributed by atoms with E-state index in [4.69, 9.17) is 9.84 Å². The molecule has 3 nitrogen and oxygen atoms in total. The van der Waals surface area contributed by atoms with Gasteiger partial charge in [0.25, 0.3) is 0 Å². The summed E-state index contributed by atoms with van der Waals surface area (Å²) in [6.07, 6.45) is 1.01. The van der Waals surface area contributed by atoms with Gasteiger partial charge in [-0.3, -0.25) is 0 Å². The van der Waals surface area contributed by atoms with Gasteiger partial charge in [0.15, 0.2) is 0 Å². The second-order valence-corrected chi connectivity index (χ2v) is 4.06. The van der Waals surface area contributed by atoms with Gasteiger partial charge < -0.3 is 15.2 Å². The lowest BCUT2D eigenvalue weighted by Gasteiger charge is -2.09. The zero-order chi connectivity index (χ0) is 11.8. The summed E-state index contributed by atoms with van der Waals surface area (Å²) in [6, 6.07) is 6.26. The minimum atomic E-state index is 0.248. The van der Waals surface area contributed by atoms with Gasteiger partial charge in [-0.2, -0.15) is 0 Å². The van der Waals surface area contributed by atoms with Crippen LogP contribution in [0, 0.1) is 13.8 Å². The second-order valence-electron chi connectivity index (χ2n) is 4.06. The van der Waals surface area contributed by atoms with Gasteiger partial charge >= 0.3 is 0 Å². The highest BCUT2D eigenvalue weighted by Crippen LogP contribution is 2.18. The van der Waals surface area contributed by atoms with Gasteiger partial charge in [-0.1, -0.05) is 12.1 Å². The van der Waals surface area contributed by atoms with Gasteiger partial charge in [-0.25, -0.2) is 0 Å². The van der Waals surface area contributed by atoms with Crippen LogP contribution in [0.25, 0.3) is 0 Å². The molecule has 3 heteroatoms. The predicted molar refractivity (Wildman–Crippen MR) is 64.8 cm³/mol. The Kier molecular flexibility index (Phi) is 5.90. The van der Waals surface area contributed by atoms with Crippen molar-refractivity contribution in [1.29, 1.82) is 0 Å². The summed E-state index contributed by atoms with van der Waals surface area (Å²) in [5.74, 6) is 0.988. The van der Waals surface area contributed by atoms with E-state index in [9.17, 15) is 0 Å². The Morgan fingerprint density at radius 3 is 2.81 bits per heavy atom. The van der Waals surface area contributed by atoms with Crippen LogP contribution in [-0.2, 0) is 0 Å². The van der Waals surface area contributed by atoms with Crippen molar-refractivity contribution in [2.24, 2.45) is 0 Å². The number of hydrogen-bond donors (Lipinski definition) is 2. The number of aliphatic hydroxyl groups is 1.